The van der Waals surface area contributed by atoms with E-state index in [1.807, 2.05) is 18.0 Å². The largest absolute Gasteiger partial charge is 0.373 e. The molecular weight excluding hydrogens is 352 g/mol. The van der Waals surface area contributed by atoms with E-state index in [2.05, 4.69) is 0 Å². The van der Waals surface area contributed by atoms with Crippen molar-refractivity contribution in [2.24, 2.45) is 0 Å². The number of rotatable bonds is 4. The SMILES string of the molecule is CCN(/C=C1\SC(=S)N(C2CCCC2)C1=O)C1CCS(=O)(=O)C1. The van der Waals surface area contributed by atoms with E-state index < -0.39 is 9.84 Å². The summed E-state index contributed by atoms with van der Waals surface area (Å²) in [5.41, 5.74) is 0. The first kappa shape index (κ1) is 17.2. The van der Waals surface area contributed by atoms with Gasteiger partial charge in [0.05, 0.1) is 16.4 Å². The first-order valence-electron chi connectivity index (χ1n) is 8.14. The van der Waals surface area contributed by atoms with Crippen molar-refractivity contribution in [3.63, 3.8) is 0 Å². The third-order valence-electron chi connectivity index (χ3n) is 4.84. The highest BCUT2D eigenvalue weighted by Crippen LogP contribution is 2.37. The first-order chi connectivity index (χ1) is 10.9. The maximum absolute atomic E-state index is 12.7. The van der Waals surface area contributed by atoms with Gasteiger partial charge in [-0.15, -0.1) is 0 Å². The van der Waals surface area contributed by atoms with E-state index in [1.54, 1.807) is 4.90 Å². The van der Waals surface area contributed by atoms with Gasteiger partial charge in [0.1, 0.15) is 4.32 Å². The second-order valence-corrected chi connectivity index (χ2v) is 10.3. The molecule has 5 nitrogen and oxygen atoms in total. The lowest BCUT2D eigenvalue weighted by atomic mass is 10.2. The highest BCUT2D eigenvalue weighted by Gasteiger charge is 2.39. The Labute approximate surface area is 147 Å². The molecule has 0 radical (unpaired) electrons. The Bertz CT molecular complexity index is 638. The van der Waals surface area contributed by atoms with Crippen LogP contribution in [0.25, 0.3) is 0 Å². The van der Waals surface area contributed by atoms with Crippen molar-refractivity contribution >= 4 is 44.0 Å². The Hall–Kier alpha value is -0.600. The van der Waals surface area contributed by atoms with Crippen LogP contribution in [-0.4, -0.2) is 58.6 Å². The minimum absolute atomic E-state index is 0.00814. The van der Waals surface area contributed by atoms with Crippen LogP contribution in [0, 0.1) is 0 Å². The van der Waals surface area contributed by atoms with E-state index in [0.717, 1.165) is 25.7 Å². The van der Waals surface area contributed by atoms with Crippen LogP contribution >= 0.6 is 24.0 Å². The second-order valence-electron chi connectivity index (χ2n) is 6.36. The third kappa shape index (κ3) is 3.58. The van der Waals surface area contributed by atoms with E-state index in [9.17, 15) is 13.2 Å². The van der Waals surface area contributed by atoms with Gasteiger partial charge in [0, 0.05) is 24.8 Å². The average Bonchev–Trinajstić information content (AvgIpc) is 3.18. The van der Waals surface area contributed by atoms with Crippen LogP contribution in [0.5, 0.6) is 0 Å². The van der Waals surface area contributed by atoms with Gasteiger partial charge in [-0.05, 0) is 26.2 Å². The van der Waals surface area contributed by atoms with Crippen molar-refractivity contribution < 1.29 is 13.2 Å². The molecule has 0 spiro atoms. The van der Waals surface area contributed by atoms with Crippen LogP contribution in [0.2, 0.25) is 0 Å². The van der Waals surface area contributed by atoms with Crippen molar-refractivity contribution in [3.8, 4) is 0 Å². The van der Waals surface area contributed by atoms with E-state index in [0.29, 0.717) is 22.2 Å². The lowest BCUT2D eigenvalue weighted by molar-refractivity contribution is -0.123. The predicted molar refractivity (Wildman–Crippen MR) is 96.8 cm³/mol. The number of nitrogens with zero attached hydrogens (tertiary/aromatic N) is 2. The molecule has 23 heavy (non-hydrogen) atoms. The molecule has 2 aliphatic heterocycles. The van der Waals surface area contributed by atoms with E-state index in [-0.39, 0.29) is 29.5 Å². The van der Waals surface area contributed by atoms with Gasteiger partial charge in [-0.25, -0.2) is 8.42 Å². The Balaban J connectivity index is 1.76. The van der Waals surface area contributed by atoms with Crippen molar-refractivity contribution in [2.75, 3.05) is 18.1 Å². The molecule has 3 aliphatic rings. The highest BCUT2D eigenvalue weighted by atomic mass is 32.2. The van der Waals surface area contributed by atoms with Gasteiger partial charge in [-0.2, -0.15) is 0 Å². The van der Waals surface area contributed by atoms with Gasteiger partial charge in [0.2, 0.25) is 0 Å². The normalized spacial score (nSPS) is 29.9. The van der Waals surface area contributed by atoms with Crippen LogP contribution in [0.1, 0.15) is 39.0 Å². The van der Waals surface area contributed by atoms with Crippen LogP contribution in [0.15, 0.2) is 11.1 Å². The number of hydrogen-bond acceptors (Lipinski definition) is 6. The van der Waals surface area contributed by atoms with E-state index in [4.69, 9.17) is 12.2 Å². The minimum Gasteiger partial charge on any atom is -0.373 e. The fourth-order valence-corrected chi connectivity index (χ4v) is 6.73. The van der Waals surface area contributed by atoms with Crippen molar-refractivity contribution in [2.45, 2.75) is 51.1 Å². The summed E-state index contributed by atoms with van der Waals surface area (Å²) in [6.07, 6.45) is 6.83. The van der Waals surface area contributed by atoms with E-state index in [1.165, 1.54) is 11.8 Å². The molecule has 128 valence electrons. The molecule has 0 aromatic rings. The van der Waals surface area contributed by atoms with Crippen LogP contribution in [0.4, 0.5) is 0 Å². The zero-order valence-electron chi connectivity index (χ0n) is 13.2. The summed E-state index contributed by atoms with van der Waals surface area (Å²) in [6, 6.07) is 0.218. The van der Waals surface area contributed by atoms with Crippen molar-refractivity contribution in [1.82, 2.24) is 9.80 Å². The number of thiocarbonyl (C=S) groups is 1. The fourth-order valence-electron chi connectivity index (χ4n) is 3.59. The third-order valence-corrected chi connectivity index (χ3v) is 7.91. The molecular formula is C15H22N2O3S3. The van der Waals surface area contributed by atoms with Crippen molar-refractivity contribution in [3.05, 3.63) is 11.1 Å². The van der Waals surface area contributed by atoms with Crippen LogP contribution in [0.3, 0.4) is 0 Å². The number of sulfone groups is 1. The topological polar surface area (TPSA) is 57.7 Å². The lowest BCUT2D eigenvalue weighted by Gasteiger charge is -2.25. The summed E-state index contributed by atoms with van der Waals surface area (Å²) in [6.45, 7) is 2.67. The molecule has 0 N–H and O–H groups in total. The maximum Gasteiger partial charge on any atom is 0.267 e. The summed E-state index contributed by atoms with van der Waals surface area (Å²) >= 11 is 6.75. The number of hydrogen-bond donors (Lipinski definition) is 0. The zero-order chi connectivity index (χ0) is 16.6. The Morgan fingerprint density at radius 3 is 2.61 bits per heavy atom. The molecule has 0 bridgehead atoms. The summed E-state index contributed by atoms with van der Waals surface area (Å²) in [5, 5.41) is 0. The summed E-state index contributed by atoms with van der Waals surface area (Å²) in [7, 11) is -2.93. The number of carbonyl (C=O) groups excluding carboxylic acids is 1. The van der Waals surface area contributed by atoms with Gasteiger partial charge in [-0.1, -0.05) is 36.8 Å². The van der Waals surface area contributed by atoms with Crippen LogP contribution < -0.4 is 0 Å². The Morgan fingerprint density at radius 2 is 2.04 bits per heavy atom. The summed E-state index contributed by atoms with van der Waals surface area (Å²) in [4.78, 5) is 17.1. The molecule has 3 rings (SSSR count). The molecule has 1 amide bonds. The average molecular weight is 375 g/mol. The minimum atomic E-state index is -2.93. The molecule has 2 saturated heterocycles. The van der Waals surface area contributed by atoms with Crippen molar-refractivity contribution in [1.29, 1.82) is 0 Å². The molecule has 2 heterocycles. The Morgan fingerprint density at radius 1 is 1.35 bits per heavy atom. The molecule has 1 atom stereocenters. The predicted octanol–water partition coefficient (Wildman–Crippen LogP) is 2.14. The molecule has 0 aromatic heterocycles. The molecule has 1 unspecified atom stereocenters. The molecule has 8 heteroatoms. The number of amides is 1. The smallest absolute Gasteiger partial charge is 0.267 e. The standard InChI is InChI=1S/C15H22N2O3S3/c1-2-16(12-7-8-23(19,20)10-12)9-13-14(18)17(15(21)22-13)11-5-3-4-6-11/h9,11-12H,2-8,10H2,1H3/b13-9-. The van der Waals surface area contributed by atoms with Crippen LogP contribution in [-0.2, 0) is 14.6 Å². The second kappa shape index (κ2) is 6.72. The number of thioether (sulfide) groups is 1. The van der Waals surface area contributed by atoms with Gasteiger partial charge in [0.25, 0.3) is 5.91 Å². The zero-order valence-corrected chi connectivity index (χ0v) is 15.7. The van der Waals surface area contributed by atoms with Gasteiger partial charge >= 0.3 is 0 Å². The van der Waals surface area contributed by atoms with Gasteiger partial charge in [-0.3, -0.25) is 9.69 Å². The summed E-state index contributed by atoms with van der Waals surface area (Å²) in [5.74, 6) is 0.414. The van der Waals surface area contributed by atoms with Gasteiger partial charge < -0.3 is 4.90 Å². The van der Waals surface area contributed by atoms with E-state index >= 15 is 0 Å². The highest BCUT2D eigenvalue weighted by molar-refractivity contribution is 8.26. The van der Waals surface area contributed by atoms with Gasteiger partial charge in [0.15, 0.2) is 9.84 Å². The summed E-state index contributed by atoms with van der Waals surface area (Å²) < 4.78 is 24.0. The lowest BCUT2D eigenvalue weighted by Crippen LogP contribution is -2.37. The maximum atomic E-state index is 12.7. The monoisotopic (exact) mass is 374 g/mol. The Kier molecular flexibility index (Phi) is 5.04. The fraction of sp³-hybridized carbons (Fsp3) is 0.733. The molecule has 3 fully saturated rings. The first-order valence-corrected chi connectivity index (χ1v) is 11.2. The molecule has 1 saturated carbocycles. The quantitative estimate of drug-likeness (QED) is 0.555. The number of carbonyl (C=O) groups is 1. The molecule has 0 aromatic carbocycles. The molecule has 1 aliphatic carbocycles.